The Balaban J connectivity index is 1.48. The first-order chi connectivity index (χ1) is 16.9. The van der Waals surface area contributed by atoms with Crippen LogP contribution >= 0.6 is 23.6 Å². The third-order valence-electron chi connectivity index (χ3n) is 5.35. The van der Waals surface area contributed by atoms with Crippen molar-refractivity contribution in [2.75, 3.05) is 17.2 Å². The molecule has 0 fully saturated rings. The second-order valence-corrected chi connectivity index (χ2v) is 9.75. The lowest BCUT2D eigenvalue weighted by molar-refractivity contribution is 0.0528. The van der Waals surface area contributed by atoms with Crippen LogP contribution in [0.2, 0.25) is 0 Å². The van der Waals surface area contributed by atoms with Crippen LogP contribution in [0.1, 0.15) is 44.7 Å². The molecule has 0 unspecified atom stereocenters. The minimum Gasteiger partial charge on any atom is -0.462 e. The van der Waals surface area contributed by atoms with Crippen molar-refractivity contribution in [2.24, 2.45) is 0 Å². The molecule has 0 bridgehead atoms. The summed E-state index contributed by atoms with van der Waals surface area (Å²) in [6.07, 6.45) is 0.730. The van der Waals surface area contributed by atoms with Crippen LogP contribution in [0.3, 0.4) is 0 Å². The van der Waals surface area contributed by atoms with Crippen molar-refractivity contribution in [1.29, 1.82) is 0 Å². The van der Waals surface area contributed by atoms with Crippen molar-refractivity contribution in [1.82, 2.24) is 9.78 Å². The summed E-state index contributed by atoms with van der Waals surface area (Å²) in [7, 11) is 0. The van der Waals surface area contributed by atoms with Gasteiger partial charge in [0.05, 0.1) is 24.4 Å². The maximum Gasteiger partial charge on any atom is 0.341 e. The molecular weight excluding hydrogens is 476 g/mol. The van der Waals surface area contributed by atoms with E-state index >= 15 is 0 Å². The maximum absolute atomic E-state index is 12.6. The maximum atomic E-state index is 12.6. The fraction of sp³-hybridized carbons (Fsp3) is 0.222. The molecule has 0 saturated carbocycles. The summed E-state index contributed by atoms with van der Waals surface area (Å²) in [6.45, 7) is 6.83. The number of aryl methyl sites for hydroxylation is 2. The van der Waals surface area contributed by atoms with Crippen LogP contribution in [0.15, 0.2) is 66.7 Å². The molecule has 0 spiro atoms. The molecule has 0 radical (unpaired) electrons. The van der Waals surface area contributed by atoms with E-state index in [4.69, 9.17) is 17.0 Å². The Bertz CT molecular complexity index is 1330. The number of benzene rings is 2. The molecule has 0 atom stereocenters. The van der Waals surface area contributed by atoms with Crippen LogP contribution < -0.4 is 10.6 Å². The largest absolute Gasteiger partial charge is 0.462 e. The van der Waals surface area contributed by atoms with Gasteiger partial charge in [0.15, 0.2) is 5.11 Å². The van der Waals surface area contributed by atoms with Crippen LogP contribution in [0.25, 0.3) is 0 Å². The molecule has 2 aromatic carbocycles. The highest BCUT2D eigenvalue weighted by Gasteiger charge is 2.18. The van der Waals surface area contributed by atoms with Crippen LogP contribution in [0.5, 0.6) is 0 Å². The molecule has 2 N–H and O–H groups in total. The molecule has 0 aliphatic carbocycles. The van der Waals surface area contributed by atoms with E-state index in [-0.39, 0.29) is 5.97 Å². The van der Waals surface area contributed by atoms with Crippen molar-refractivity contribution >= 4 is 45.3 Å². The molecule has 35 heavy (non-hydrogen) atoms. The van der Waals surface area contributed by atoms with Gasteiger partial charge in [0.2, 0.25) is 0 Å². The minimum absolute atomic E-state index is 0.312. The highest BCUT2D eigenvalue weighted by molar-refractivity contribution is 7.80. The molecule has 180 valence electrons. The quantitative estimate of drug-likeness (QED) is 0.220. The normalized spacial score (nSPS) is 10.7. The number of thiophene rings is 1. The summed E-state index contributed by atoms with van der Waals surface area (Å²) in [4.78, 5) is 13.6. The molecule has 4 aromatic rings. The molecule has 2 aromatic heterocycles. The van der Waals surface area contributed by atoms with Gasteiger partial charge >= 0.3 is 5.97 Å². The lowest BCUT2D eigenvalue weighted by atomic mass is 10.1. The zero-order chi connectivity index (χ0) is 24.8. The fourth-order valence-corrected chi connectivity index (χ4v) is 5.17. The van der Waals surface area contributed by atoms with Gasteiger partial charge in [-0.05, 0) is 68.4 Å². The monoisotopic (exact) mass is 504 g/mol. The van der Waals surface area contributed by atoms with E-state index in [0.717, 1.165) is 33.9 Å². The van der Waals surface area contributed by atoms with E-state index in [1.54, 1.807) is 6.92 Å². The number of ether oxygens (including phenoxy) is 1. The number of rotatable bonds is 8. The molecule has 6 nitrogen and oxygen atoms in total. The van der Waals surface area contributed by atoms with Crippen LogP contribution in [0, 0.1) is 13.8 Å². The zero-order valence-corrected chi connectivity index (χ0v) is 21.6. The van der Waals surface area contributed by atoms with Crippen molar-refractivity contribution in [2.45, 2.75) is 33.7 Å². The molecule has 4 rings (SSSR count). The molecular formula is C27H28N4O2S2. The van der Waals surface area contributed by atoms with Gasteiger partial charge in [-0.2, -0.15) is 5.10 Å². The van der Waals surface area contributed by atoms with E-state index in [9.17, 15) is 4.79 Å². The number of anilines is 2. The average molecular weight is 505 g/mol. The summed E-state index contributed by atoms with van der Waals surface area (Å²) >= 11 is 7.08. The van der Waals surface area contributed by atoms with Gasteiger partial charge in [-0.3, -0.25) is 4.68 Å². The summed E-state index contributed by atoms with van der Waals surface area (Å²) in [5.41, 5.74) is 5.76. The Morgan fingerprint density at radius 1 is 1.03 bits per heavy atom. The number of nitrogens with one attached hydrogen (secondary N) is 2. The number of aromatic nitrogens is 2. The molecule has 0 saturated heterocycles. The topological polar surface area (TPSA) is 68.2 Å². The number of hydrogen-bond acceptors (Lipinski definition) is 5. The van der Waals surface area contributed by atoms with Gasteiger partial charge in [0.25, 0.3) is 0 Å². The first-order valence-corrected chi connectivity index (χ1v) is 12.7. The average Bonchev–Trinajstić information content (AvgIpc) is 3.36. The van der Waals surface area contributed by atoms with Crippen molar-refractivity contribution in [3.63, 3.8) is 0 Å². The second kappa shape index (κ2) is 11.3. The number of thiocarbonyl (C=S) groups is 1. The molecule has 0 aliphatic heterocycles. The third-order valence-corrected chi connectivity index (χ3v) is 6.60. The lowest BCUT2D eigenvalue weighted by Gasteiger charge is -2.12. The molecule has 0 amide bonds. The predicted octanol–water partition coefficient (Wildman–Crippen LogP) is 6.19. The van der Waals surface area contributed by atoms with Crippen molar-refractivity contribution in [3.8, 4) is 0 Å². The van der Waals surface area contributed by atoms with E-state index in [1.807, 2.05) is 54.1 Å². The smallest absolute Gasteiger partial charge is 0.341 e. The molecule has 8 heteroatoms. The van der Waals surface area contributed by atoms with Gasteiger partial charge in [-0.15, -0.1) is 11.3 Å². The summed E-state index contributed by atoms with van der Waals surface area (Å²) in [5, 5.41) is 12.1. The first kappa shape index (κ1) is 24.6. The van der Waals surface area contributed by atoms with Crippen LogP contribution in [0.4, 0.5) is 10.7 Å². The van der Waals surface area contributed by atoms with Crippen LogP contribution in [-0.2, 0) is 17.7 Å². The Morgan fingerprint density at radius 3 is 2.51 bits per heavy atom. The number of nitrogens with zero attached hydrogens (tertiary/aromatic N) is 2. The van der Waals surface area contributed by atoms with Crippen molar-refractivity contribution < 1.29 is 9.53 Å². The SMILES string of the molecule is CCOC(=O)c1cc(Cc2ccccc2)sc1NC(=S)Nc1cccc(Cn2nc(C)cc2C)c1. The zero-order valence-electron chi connectivity index (χ0n) is 20.0. The first-order valence-electron chi connectivity index (χ1n) is 11.4. The summed E-state index contributed by atoms with van der Waals surface area (Å²) in [5.74, 6) is -0.361. The number of carbonyl (C=O) groups is 1. The van der Waals surface area contributed by atoms with Gasteiger partial charge in [0, 0.05) is 22.7 Å². The number of esters is 1. The van der Waals surface area contributed by atoms with Crippen LogP contribution in [-0.4, -0.2) is 27.5 Å². The predicted molar refractivity (Wildman–Crippen MR) is 147 cm³/mol. The number of carbonyl (C=O) groups excluding carboxylic acids is 1. The van der Waals surface area contributed by atoms with Gasteiger partial charge in [-0.25, -0.2) is 4.79 Å². The summed E-state index contributed by atoms with van der Waals surface area (Å²) in [6, 6.07) is 22.2. The second-order valence-electron chi connectivity index (χ2n) is 8.20. The standard InChI is InChI=1S/C27H28N4O2S2/c1-4-33-26(32)24-16-23(15-20-9-6-5-7-10-20)35-25(24)29-27(34)28-22-12-8-11-21(14-22)17-31-19(3)13-18(2)30-31/h5-14,16H,4,15,17H2,1-3H3,(H2,28,29,34). The van der Waals surface area contributed by atoms with E-state index in [0.29, 0.717) is 28.8 Å². The highest BCUT2D eigenvalue weighted by atomic mass is 32.1. The number of hydrogen-bond donors (Lipinski definition) is 2. The van der Waals surface area contributed by atoms with E-state index in [2.05, 4.69) is 46.9 Å². The van der Waals surface area contributed by atoms with E-state index < -0.39 is 0 Å². The lowest BCUT2D eigenvalue weighted by Crippen LogP contribution is -2.20. The highest BCUT2D eigenvalue weighted by Crippen LogP contribution is 2.31. The third kappa shape index (κ3) is 6.55. The molecule has 2 heterocycles. The van der Waals surface area contributed by atoms with E-state index in [1.165, 1.54) is 16.9 Å². The Kier molecular flexibility index (Phi) is 7.94. The van der Waals surface area contributed by atoms with Gasteiger partial charge in [0.1, 0.15) is 5.00 Å². The molecule has 0 aliphatic rings. The minimum atomic E-state index is -0.361. The summed E-state index contributed by atoms with van der Waals surface area (Å²) < 4.78 is 7.25. The van der Waals surface area contributed by atoms with Crippen molar-refractivity contribution in [3.05, 3.63) is 99.7 Å². The van der Waals surface area contributed by atoms with Gasteiger partial charge in [-0.1, -0.05) is 42.5 Å². The Hall–Kier alpha value is -3.49. The van der Waals surface area contributed by atoms with Gasteiger partial charge < -0.3 is 15.4 Å². The fourth-order valence-electron chi connectivity index (χ4n) is 3.80. The Morgan fingerprint density at radius 2 is 1.80 bits per heavy atom. The Labute approximate surface area is 215 Å².